The highest BCUT2D eigenvalue weighted by molar-refractivity contribution is 7.91. The number of anilines is 3. The molecule has 1 aromatic rings. The molecule has 0 saturated carbocycles. The van der Waals surface area contributed by atoms with Gasteiger partial charge in [0.25, 0.3) is 0 Å². The Bertz CT molecular complexity index is 796. The van der Waals surface area contributed by atoms with Crippen LogP contribution in [-0.2, 0) is 19.7 Å². The number of nitrogens with two attached hydrogens (primary N) is 1. The number of nitrogen functional groups attached to an aromatic ring is 1. The molecule has 6 N–H and O–H groups in total. The Morgan fingerprint density at radius 3 is 1.96 bits per heavy atom. The molecule has 0 fully saturated rings. The smallest absolute Gasteiger partial charge is 0.154 e. The predicted octanol–water partition coefficient (Wildman–Crippen LogP) is -1.39. The van der Waals surface area contributed by atoms with E-state index in [0.717, 1.165) is 0 Å². The van der Waals surface area contributed by atoms with Gasteiger partial charge < -0.3 is 26.6 Å². The summed E-state index contributed by atoms with van der Waals surface area (Å²) in [4.78, 5) is 4.23. The number of hydrogen-bond acceptors (Lipinski definition) is 10. The minimum Gasteiger partial charge on any atom is -0.396 e. The second kappa shape index (κ2) is 9.90. The fourth-order valence-electron chi connectivity index (χ4n) is 2.05. The summed E-state index contributed by atoms with van der Waals surface area (Å²) in [5.41, 5.74) is 6.99. The number of aliphatic hydroxyl groups excluding tert-OH is 2. The van der Waals surface area contributed by atoms with Gasteiger partial charge >= 0.3 is 0 Å². The van der Waals surface area contributed by atoms with Crippen molar-refractivity contribution in [3.63, 3.8) is 0 Å². The van der Waals surface area contributed by atoms with Crippen LogP contribution in [0.15, 0.2) is 6.07 Å². The van der Waals surface area contributed by atoms with Crippen molar-refractivity contribution >= 4 is 37.0 Å². The molecule has 0 saturated heterocycles. The van der Waals surface area contributed by atoms with Crippen molar-refractivity contribution in [3.8, 4) is 0 Å². The monoisotopic (exact) mass is 410 g/mol. The van der Waals surface area contributed by atoms with Crippen LogP contribution in [0.2, 0.25) is 0 Å². The third kappa shape index (κ3) is 7.72. The fourth-order valence-corrected chi connectivity index (χ4v) is 3.84. The van der Waals surface area contributed by atoms with Crippen molar-refractivity contribution in [3.05, 3.63) is 11.6 Å². The molecule has 0 bridgehead atoms. The first-order chi connectivity index (χ1) is 12.1. The summed E-state index contributed by atoms with van der Waals surface area (Å²) in [6.45, 7) is 1.09. The molecule has 1 aromatic heterocycles. The minimum atomic E-state index is -3.35. The first-order valence-electron chi connectivity index (χ1n) is 7.97. The Kier molecular flexibility index (Phi) is 8.53. The third-order valence-corrected chi connectivity index (χ3v) is 6.76. The van der Waals surface area contributed by atoms with Gasteiger partial charge in [-0.05, 0) is 18.6 Å². The van der Waals surface area contributed by atoms with E-state index in [1.54, 1.807) is 13.0 Å². The van der Waals surface area contributed by atoms with Gasteiger partial charge in [0.15, 0.2) is 25.5 Å². The molecule has 150 valence electrons. The number of nitrogens with one attached hydrogen (secondary N) is 2. The third-order valence-electron chi connectivity index (χ3n) is 3.49. The summed E-state index contributed by atoms with van der Waals surface area (Å²) in [6, 6.07) is 1.65. The first kappa shape index (κ1) is 22.4. The summed E-state index contributed by atoms with van der Waals surface area (Å²) in [6.07, 6.45) is 0. The van der Waals surface area contributed by atoms with E-state index in [9.17, 15) is 16.8 Å². The molecule has 1 heterocycles. The molecule has 0 aliphatic rings. The van der Waals surface area contributed by atoms with Crippen molar-refractivity contribution in [2.24, 2.45) is 0 Å². The predicted molar refractivity (Wildman–Crippen MR) is 102 cm³/mol. The van der Waals surface area contributed by atoms with Crippen LogP contribution in [0.5, 0.6) is 0 Å². The zero-order valence-corrected chi connectivity index (χ0v) is 16.2. The van der Waals surface area contributed by atoms with Crippen molar-refractivity contribution < 1.29 is 27.0 Å². The lowest BCUT2D eigenvalue weighted by Crippen LogP contribution is -2.22. The highest BCUT2D eigenvalue weighted by Crippen LogP contribution is 2.23. The molecule has 0 radical (unpaired) electrons. The maximum Gasteiger partial charge on any atom is 0.154 e. The van der Waals surface area contributed by atoms with Gasteiger partial charge in [-0.2, -0.15) is 0 Å². The van der Waals surface area contributed by atoms with E-state index in [4.69, 9.17) is 15.9 Å². The Morgan fingerprint density at radius 2 is 1.46 bits per heavy atom. The Morgan fingerprint density at radius 1 is 0.962 bits per heavy atom. The number of aromatic nitrogens is 1. The average Bonchev–Trinajstić information content (AvgIpc) is 2.51. The molecule has 0 aliphatic heterocycles. The standard InChI is InChI=1S/C14H26N4O6S2/c1-11-10-12(16-2-6-25(21,22)8-4-19)18-14(13(11)15)17-3-7-26(23,24)9-5-20/h10,19-20H,2-9,15H2,1H3,(H2,16,17,18). The SMILES string of the molecule is Cc1cc(NCCS(=O)(=O)CCO)nc(NCCS(=O)(=O)CCO)c1N. The van der Waals surface area contributed by atoms with Gasteiger partial charge in [-0.3, -0.25) is 0 Å². The fraction of sp³-hybridized carbons (Fsp3) is 0.643. The van der Waals surface area contributed by atoms with Gasteiger partial charge in [-0.25, -0.2) is 21.8 Å². The molecule has 0 amide bonds. The minimum absolute atomic E-state index is 0.0767. The van der Waals surface area contributed by atoms with E-state index >= 15 is 0 Å². The first-order valence-corrected chi connectivity index (χ1v) is 11.6. The van der Waals surface area contributed by atoms with Gasteiger partial charge in [-0.1, -0.05) is 0 Å². The quantitative estimate of drug-likeness (QED) is 0.276. The zero-order chi connectivity index (χ0) is 19.8. The molecular formula is C14H26N4O6S2. The summed E-state index contributed by atoms with van der Waals surface area (Å²) < 4.78 is 46.3. The van der Waals surface area contributed by atoms with Crippen LogP contribution in [-0.4, -0.2) is 81.3 Å². The maximum absolute atomic E-state index is 11.6. The van der Waals surface area contributed by atoms with Crippen LogP contribution < -0.4 is 16.4 Å². The highest BCUT2D eigenvalue weighted by atomic mass is 32.2. The van der Waals surface area contributed by atoms with Gasteiger partial charge in [0.05, 0.1) is 41.9 Å². The van der Waals surface area contributed by atoms with E-state index in [1.165, 1.54) is 0 Å². The molecule has 10 nitrogen and oxygen atoms in total. The van der Waals surface area contributed by atoms with E-state index in [2.05, 4.69) is 15.6 Å². The maximum atomic E-state index is 11.6. The largest absolute Gasteiger partial charge is 0.396 e. The molecular weight excluding hydrogens is 384 g/mol. The topological polar surface area (TPSA) is 172 Å². The number of aliphatic hydroxyl groups is 2. The summed E-state index contributed by atoms with van der Waals surface area (Å²) in [7, 11) is -6.69. The molecule has 0 atom stereocenters. The van der Waals surface area contributed by atoms with Crippen molar-refractivity contribution in [2.45, 2.75) is 6.92 Å². The average molecular weight is 411 g/mol. The van der Waals surface area contributed by atoms with Crippen LogP contribution in [0, 0.1) is 6.92 Å². The van der Waals surface area contributed by atoms with E-state index in [1.807, 2.05) is 0 Å². The van der Waals surface area contributed by atoms with E-state index in [0.29, 0.717) is 22.9 Å². The number of rotatable bonds is 12. The number of sulfone groups is 2. The molecule has 0 unspecified atom stereocenters. The van der Waals surface area contributed by atoms with Crippen LogP contribution in [0.1, 0.15) is 5.56 Å². The van der Waals surface area contributed by atoms with Crippen LogP contribution in [0.3, 0.4) is 0 Å². The molecule has 0 aromatic carbocycles. The van der Waals surface area contributed by atoms with Crippen molar-refractivity contribution in [1.29, 1.82) is 0 Å². The van der Waals surface area contributed by atoms with Crippen molar-refractivity contribution in [2.75, 3.05) is 65.7 Å². The van der Waals surface area contributed by atoms with E-state index in [-0.39, 0.29) is 36.1 Å². The summed E-state index contributed by atoms with van der Waals surface area (Å²) >= 11 is 0. The normalized spacial score (nSPS) is 12.1. The van der Waals surface area contributed by atoms with Gasteiger partial charge in [0.2, 0.25) is 0 Å². The number of aryl methyl sites for hydroxylation is 1. The molecule has 0 spiro atoms. The summed E-state index contributed by atoms with van der Waals surface area (Å²) in [5.74, 6) is -0.231. The Balaban J connectivity index is 2.71. The molecule has 26 heavy (non-hydrogen) atoms. The van der Waals surface area contributed by atoms with Crippen LogP contribution in [0.25, 0.3) is 0 Å². The number of pyridine rings is 1. The summed E-state index contributed by atoms with van der Waals surface area (Å²) in [5, 5.41) is 23.1. The molecule has 12 heteroatoms. The lowest BCUT2D eigenvalue weighted by molar-refractivity contribution is 0.319. The van der Waals surface area contributed by atoms with E-state index < -0.39 is 32.9 Å². The van der Waals surface area contributed by atoms with Crippen LogP contribution >= 0.6 is 0 Å². The Hall–Kier alpha value is -1.63. The lowest BCUT2D eigenvalue weighted by atomic mass is 10.2. The zero-order valence-electron chi connectivity index (χ0n) is 14.6. The van der Waals surface area contributed by atoms with Gasteiger partial charge in [0, 0.05) is 13.1 Å². The van der Waals surface area contributed by atoms with Crippen molar-refractivity contribution in [1.82, 2.24) is 4.98 Å². The van der Waals surface area contributed by atoms with Crippen LogP contribution in [0.4, 0.5) is 17.3 Å². The highest BCUT2D eigenvalue weighted by Gasteiger charge is 2.13. The Labute approximate surface area is 153 Å². The number of nitrogens with zero attached hydrogens (tertiary/aromatic N) is 1. The second-order valence-corrected chi connectivity index (χ2v) is 10.3. The molecule has 0 aliphatic carbocycles. The number of hydrogen-bond donors (Lipinski definition) is 5. The second-order valence-electron chi connectivity index (χ2n) is 5.69. The molecule has 1 rings (SSSR count). The lowest BCUT2D eigenvalue weighted by Gasteiger charge is -2.14. The van der Waals surface area contributed by atoms with Gasteiger partial charge in [-0.15, -0.1) is 0 Å². The van der Waals surface area contributed by atoms with Gasteiger partial charge in [0.1, 0.15) is 5.82 Å².